The van der Waals surface area contributed by atoms with Gasteiger partial charge in [-0.05, 0) is 51.1 Å². The van der Waals surface area contributed by atoms with Gasteiger partial charge in [-0.15, -0.1) is 0 Å². The summed E-state index contributed by atoms with van der Waals surface area (Å²) in [6.07, 6.45) is 0. The lowest BCUT2D eigenvalue weighted by atomic mass is 10.1. The summed E-state index contributed by atoms with van der Waals surface area (Å²) in [6, 6.07) is 13.7. The average molecular weight is 422 g/mol. The normalized spacial score (nSPS) is 11.6. The molecule has 2 aromatic carbocycles. The molecule has 4 rings (SSSR count). The number of ether oxygens (including phenoxy) is 3. The lowest BCUT2D eigenvalue weighted by molar-refractivity contribution is -0.157. The Bertz CT molecular complexity index is 1320. The van der Waals surface area contributed by atoms with Gasteiger partial charge >= 0.3 is 11.6 Å². The Kier molecular flexibility index (Phi) is 5.19. The molecule has 0 aliphatic rings. The van der Waals surface area contributed by atoms with E-state index in [9.17, 15) is 9.59 Å². The van der Waals surface area contributed by atoms with Crippen molar-refractivity contribution in [3.63, 3.8) is 0 Å². The van der Waals surface area contributed by atoms with Crippen LogP contribution in [0.2, 0.25) is 0 Å². The Balaban J connectivity index is 1.73. The van der Waals surface area contributed by atoms with Crippen LogP contribution in [0.15, 0.2) is 62.2 Å². The Hall–Kier alpha value is -3.74. The molecule has 2 aromatic heterocycles. The van der Waals surface area contributed by atoms with Crippen molar-refractivity contribution < 1.29 is 27.8 Å². The molecule has 0 atom stereocenters. The smallest absolute Gasteiger partial charge is 0.344 e. The number of rotatable bonds is 5. The highest BCUT2D eigenvalue weighted by molar-refractivity contribution is 5.96. The molecule has 2 heterocycles. The second kappa shape index (κ2) is 7.83. The van der Waals surface area contributed by atoms with Gasteiger partial charge < -0.3 is 23.0 Å². The van der Waals surface area contributed by atoms with Crippen molar-refractivity contribution in [2.45, 2.75) is 26.4 Å². The quantitative estimate of drug-likeness (QED) is 0.333. The molecule has 0 spiro atoms. The van der Waals surface area contributed by atoms with Crippen LogP contribution in [0.1, 0.15) is 20.8 Å². The van der Waals surface area contributed by atoms with Gasteiger partial charge in [0, 0.05) is 22.4 Å². The number of esters is 1. The molecule has 0 unspecified atom stereocenters. The maximum absolute atomic E-state index is 12.1. The first-order valence-corrected chi connectivity index (χ1v) is 9.73. The van der Waals surface area contributed by atoms with Crippen molar-refractivity contribution in [1.29, 1.82) is 0 Å². The summed E-state index contributed by atoms with van der Waals surface area (Å²) < 4.78 is 27.5. The molecular formula is C24H22O7. The SMILES string of the molecule is COc1cccc2cc(-c3cc(=O)oc4ccc(OCC(=O)OC(C)(C)C)cc34)oc12. The summed E-state index contributed by atoms with van der Waals surface area (Å²) in [4.78, 5) is 24.1. The molecule has 0 saturated carbocycles. The predicted molar refractivity (Wildman–Crippen MR) is 116 cm³/mol. The van der Waals surface area contributed by atoms with Gasteiger partial charge in [-0.3, -0.25) is 0 Å². The fraction of sp³-hybridized carbons (Fsp3) is 0.250. The molecular weight excluding hydrogens is 400 g/mol. The van der Waals surface area contributed by atoms with Crippen molar-refractivity contribution in [2.24, 2.45) is 0 Å². The van der Waals surface area contributed by atoms with Crippen molar-refractivity contribution in [2.75, 3.05) is 13.7 Å². The van der Waals surface area contributed by atoms with Crippen molar-refractivity contribution in [3.05, 3.63) is 59.0 Å². The number of furan rings is 1. The van der Waals surface area contributed by atoms with Crippen LogP contribution in [0.25, 0.3) is 33.3 Å². The van der Waals surface area contributed by atoms with Crippen LogP contribution in [0, 0.1) is 0 Å². The number of para-hydroxylation sites is 1. The van der Waals surface area contributed by atoms with E-state index >= 15 is 0 Å². The number of carbonyl (C=O) groups excluding carboxylic acids is 1. The number of benzene rings is 2. The van der Waals surface area contributed by atoms with Crippen LogP contribution in [-0.4, -0.2) is 25.3 Å². The maximum Gasteiger partial charge on any atom is 0.344 e. The summed E-state index contributed by atoms with van der Waals surface area (Å²) in [6.45, 7) is 5.13. The molecule has 4 aromatic rings. The van der Waals surface area contributed by atoms with Gasteiger partial charge in [0.2, 0.25) is 0 Å². The summed E-state index contributed by atoms with van der Waals surface area (Å²) in [7, 11) is 1.57. The lowest BCUT2D eigenvalue weighted by Crippen LogP contribution is -2.27. The van der Waals surface area contributed by atoms with Gasteiger partial charge in [0.05, 0.1) is 7.11 Å². The van der Waals surface area contributed by atoms with Crippen LogP contribution in [0.4, 0.5) is 0 Å². The predicted octanol–water partition coefficient (Wildman–Crippen LogP) is 4.94. The highest BCUT2D eigenvalue weighted by Gasteiger charge is 2.18. The Labute approximate surface area is 178 Å². The number of hydrogen-bond acceptors (Lipinski definition) is 7. The molecule has 0 N–H and O–H groups in total. The van der Waals surface area contributed by atoms with Crippen LogP contribution in [-0.2, 0) is 9.53 Å². The van der Waals surface area contributed by atoms with E-state index in [0.717, 1.165) is 5.39 Å². The lowest BCUT2D eigenvalue weighted by Gasteiger charge is -2.19. The van der Waals surface area contributed by atoms with E-state index in [0.29, 0.717) is 39.4 Å². The summed E-state index contributed by atoms with van der Waals surface area (Å²) in [5.41, 5.74) is 0.408. The van der Waals surface area contributed by atoms with Crippen LogP contribution in [0.5, 0.6) is 11.5 Å². The third-order valence-electron chi connectivity index (χ3n) is 4.48. The minimum atomic E-state index is -0.594. The molecule has 0 saturated heterocycles. The molecule has 0 radical (unpaired) electrons. The van der Waals surface area contributed by atoms with Crippen LogP contribution in [0.3, 0.4) is 0 Å². The van der Waals surface area contributed by atoms with Crippen molar-refractivity contribution in [1.82, 2.24) is 0 Å². The first-order chi connectivity index (χ1) is 14.7. The number of methoxy groups -OCH3 is 1. The van der Waals surface area contributed by atoms with Gasteiger partial charge in [0.25, 0.3) is 0 Å². The Morgan fingerprint density at radius 3 is 2.58 bits per heavy atom. The minimum Gasteiger partial charge on any atom is -0.493 e. The molecule has 7 nitrogen and oxygen atoms in total. The highest BCUT2D eigenvalue weighted by atomic mass is 16.6. The van der Waals surface area contributed by atoms with E-state index in [4.69, 9.17) is 23.0 Å². The molecule has 0 aliphatic heterocycles. The zero-order chi connectivity index (χ0) is 22.2. The molecule has 0 fully saturated rings. The van der Waals surface area contributed by atoms with E-state index in [1.54, 1.807) is 52.1 Å². The van der Waals surface area contributed by atoms with Gasteiger partial charge in [-0.2, -0.15) is 0 Å². The fourth-order valence-electron chi connectivity index (χ4n) is 3.28. The van der Waals surface area contributed by atoms with E-state index in [-0.39, 0.29) is 6.61 Å². The highest BCUT2D eigenvalue weighted by Crippen LogP contribution is 2.36. The monoisotopic (exact) mass is 422 g/mol. The van der Waals surface area contributed by atoms with Gasteiger partial charge in [-0.25, -0.2) is 9.59 Å². The molecule has 0 bridgehead atoms. The number of hydrogen-bond donors (Lipinski definition) is 0. The number of carbonyl (C=O) groups is 1. The molecule has 31 heavy (non-hydrogen) atoms. The fourth-order valence-corrected chi connectivity index (χ4v) is 3.28. The molecule has 7 heteroatoms. The summed E-state index contributed by atoms with van der Waals surface area (Å²) in [5, 5.41) is 1.45. The molecule has 0 amide bonds. The maximum atomic E-state index is 12.1. The van der Waals surface area contributed by atoms with Crippen molar-refractivity contribution >= 4 is 27.9 Å². The second-order valence-electron chi connectivity index (χ2n) is 8.00. The number of fused-ring (bicyclic) bond motifs is 2. The topological polar surface area (TPSA) is 88.1 Å². The first kappa shape index (κ1) is 20.5. The van der Waals surface area contributed by atoms with Crippen LogP contribution < -0.4 is 15.1 Å². The van der Waals surface area contributed by atoms with Gasteiger partial charge in [0.15, 0.2) is 17.9 Å². The molecule has 0 aliphatic carbocycles. The van der Waals surface area contributed by atoms with Gasteiger partial charge in [0.1, 0.15) is 22.7 Å². The zero-order valence-electron chi connectivity index (χ0n) is 17.7. The van der Waals surface area contributed by atoms with Crippen LogP contribution >= 0.6 is 0 Å². The van der Waals surface area contributed by atoms with E-state index in [1.807, 2.05) is 18.2 Å². The third kappa shape index (κ3) is 4.40. The summed E-state index contributed by atoms with van der Waals surface area (Å²) >= 11 is 0. The summed E-state index contributed by atoms with van der Waals surface area (Å²) in [5.74, 6) is 1.04. The molecule has 160 valence electrons. The second-order valence-corrected chi connectivity index (χ2v) is 8.00. The van der Waals surface area contributed by atoms with E-state index in [2.05, 4.69) is 0 Å². The van der Waals surface area contributed by atoms with Gasteiger partial charge in [-0.1, -0.05) is 12.1 Å². The average Bonchev–Trinajstić information content (AvgIpc) is 3.14. The third-order valence-corrected chi connectivity index (χ3v) is 4.48. The first-order valence-electron chi connectivity index (χ1n) is 9.73. The zero-order valence-corrected chi connectivity index (χ0v) is 17.7. The standard InChI is InChI=1S/C24H22O7/c1-24(2,3)31-22(26)13-28-15-8-9-18-16(11-15)17(12-21(25)29-18)20-10-14-6-5-7-19(27-4)23(14)30-20/h5-12H,13H2,1-4H3. The van der Waals surface area contributed by atoms with Crippen molar-refractivity contribution in [3.8, 4) is 22.8 Å². The minimum absolute atomic E-state index is 0.239. The Morgan fingerprint density at radius 2 is 1.84 bits per heavy atom. The van der Waals surface area contributed by atoms with E-state index < -0.39 is 17.2 Å². The largest absolute Gasteiger partial charge is 0.493 e. The van der Waals surface area contributed by atoms with E-state index in [1.165, 1.54) is 6.07 Å². The Morgan fingerprint density at radius 1 is 1.03 bits per heavy atom.